The number of sulfonamides is 1. The van der Waals surface area contributed by atoms with Crippen LogP contribution in [0.25, 0.3) is 0 Å². The highest BCUT2D eigenvalue weighted by Gasteiger charge is 2.33. The number of anilines is 1. The van der Waals surface area contributed by atoms with Gasteiger partial charge in [-0.15, -0.1) is 10.2 Å². The van der Waals surface area contributed by atoms with Crippen LogP contribution in [-0.4, -0.2) is 41.9 Å². The van der Waals surface area contributed by atoms with Gasteiger partial charge < -0.3 is 5.32 Å². The summed E-state index contributed by atoms with van der Waals surface area (Å²) in [6.45, 7) is 9.03. The van der Waals surface area contributed by atoms with Crippen LogP contribution in [0.5, 0.6) is 0 Å². The molecule has 180 valence electrons. The first kappa shape index (κ1) is 24.5. The van der Waals surface area contributed by atoms with Crippen molar-refractivity contribution < 1.29 is 13.2 Å². The number of carbonyl (C=O) groups is 1. The fourth-order valence-corrected chi connectivity index (χ4v) is 6.41. The van der Waals surface area contributed by atoms with Gasteiger partial charge in [-0.25, -0.2) is 8.42 Å². The summed E-state index contributed by atoms with van der Waals surface area (Å²) in [6, 6.07) is 14.7. The van der Waals surface area contributed by atoms with E-state index in [1.165, 1.54) is 15.6 Å². The maximum Gasteiger partial charge on any atom is 0.286 e. The Kier molecular flexibility index (Phi) is 6.89. The summed E-state index contributed by atoms with van der Waals surface area (Å²) in [7, 11) is -3.61. The molecular weight excluding hydrogens is 468 g/mol. The fraction of sp³-hybridized carbons (Fsp3) is 0.400. The molecule has 7 nitrogen and oxygen atoms in total. The number of hydrogen-bond donors (Lipinski definition) is 1. The molecule has 0 radical (unpaired) electrons. The minimum Gasteiger partial charge on any atom is -0.320 e. The number of para-hydroxylation sites is 1. The van der Waals surface area contributed by atoms with Gasteiger partial charge in [-0.3, -0.25) is 4.79 Å². The molecule has 4 rings (SSSR count). The van der Waals surface area contributed by atoms with Crippen LogP contribution < -0.4 is 5.32 Å². The number of nitrogens with one attached hydrogen (secondary N) is 1. The van der Waals surface area contributed by atoms with Crippen LogP contribution >= 0.6 is 11.3 Å². The largest absolute Gasteiger partial charge is 0.320 e. The van der Waals surface area contributed by atoms with E-state index >= 15 is 0 Å². The molecule has 1 aliphatic rings. The lowest BCUT2D eigenvalue weighted by molar-refractivity contribution is 0.102. The van der Waals surface area contributed by atoms with Crippen molar-refractivity contribution in [1.82, 2.24) is 14.5 Å². The molecule has 2 heterocycles. The van der Waals surface area contributed by atoms with Gasteiger partial charge in [-0.1, -0.05) is 62.4 Å². The standard InChI is InChI=1S/C25H30N4O3S2/c1-17-8-5-6-10-21(17)26-22(30)24-28-27-23(33-24)18-9-7-15-29(16-18)34(31,32)20-13-11-19(12-14-20)25(2,3)4/h5-6,8,10-14,18H,7,9,15-16H2,1-4H3,(H,26,30)/t18-/m0/s1. The zero-order chi connectivity index (χ0) is 24.5. The first-order valence-electron chi connectivity index (χ1n) is 11.4. The van der Waals surface area contributed by atoms with E-state index in [9.17, 15) is 13.2 Å². The van der Waals surface area contributed by atoms with E-state index in [1.807, 2.05) is 43.3 Å². The Bertz CT molecular complexity index is 1280. The van der Waals surface area contributed by atoms with E-state index in [-0.39, 0.29) is 22.2 Å². The lowest BCUT2D eigenvalue weighted by atomic mass is 9.87. The summed E-state index contributed by atoms with van der Waals surface area (Å²) in [5.74, 6) is -0.396. The average Bonchev–Trinajstić information content (AvgIpc) is 3.31. The molecule has 9 heteroatoms. The monoisotopic (exact) mass is 498 g/mol. The Morgan fingerprint density at radius 1 is 1.09 bits per heavy atom. The molecule has 0 aliphatic carbocycles. The number of piperidine rings is 1. The molecule has 1 fully saturated rings. The van der Waals surface area contributed by atoms with Crippen molar-refractivity contribution >= 4 is 33.0 Å². The van der Waals surface area contributed by atoms with E-state index in [1.54, 1.807) is 12.1 Å². The van der Waals surface area contributed by atoms with Crippen LogP contribution in [0.15, 0.2) is 53.4 Å². The molecule has 34 heavy (non-hydrogen) atoms. The van der Waals surface area contributed by atoms with Crippen molar-refractivity contribution in [3.05, 3.63) is 69.7 Å². The first-order valence-corrected chi connectivity index (χ1v) is 13.6. The number of benzene rings is 2. The average molecular weight is 499 g/mol. The summed E-state index contributed by atoms with van der Waals surface area (Å²) in [5.41, 5.74) is 2.74. The topological polar surface area (TPSA) is 92.3 Å². The van der Waals surface area contributed by atoms with Crippen molar-refractivity contribution in [2.24, 2.45) is 0 Å². The summed E-state index contributed by atoms with van der Waals surface area (Å²) >= 11 is 1.23. The van der Waals surface area contributed by atoms with Gasteiger partial charge in [0.25, 0.3) is 5.91 Å². The van der Waals surface area contributed by atoms with Crippen molar-refractivity contribution in [3.63, 3.8) is 0 Å². The highest BCUT2D eigenvalue weighted by Crippen LogP contribution is 2.33. The van der Waals surface area contributed by atoms with Crippen LogP contribution in [0.2, 0.25) is 0 Å². The molecule has 3 aromatic rings. The molecule has 1 aromatic heterocycles. The second-order valence-electron chi connectivity index (χ2n) is 9.69. The summed E-state index contributed by atoms with van der Waals surface area (Å²) in [5, 5.41) is 12.2. The second kappa shape index (κ2) is 9.56. The van der Waals surface area contributed by atoms with Gasteiger partial charge in [0.15, 0.2) is 0 Å². The van der Waals surface area contributed by atoms with Crippen LogP contribution in [0.3, 0.4) is 0 Å². The minimum absolute atomic E-state index is 0.0421. The lowest BCUT2D eigenvalue weighted by Gasteiger charge is -2.31. The van der Waals surface area contributed by atoms with E-state index in [4.69, 9.17) is 0 Å². The number of carbonyl (C=O) groups excluding carboxylic acids is 1. The SMILES string of the molecule is Cc1ccccc1NC(=O)c1nnc([C@H]2CCCN(S(=O)(=O)c3ccc(C(C)(C)C)cc3)C2)s1. The molecule has 1 aliphatic heterocycles. The highest BCUT2D eigenvalue weighted by molar-refractivity contribution is 7.89. The van der Waals surface area contributed by atoms with Gasteiger partial charge in [0, 0.05) is 24.7 Å². The van der Waals surface area contributed by atoms with E-state index in [2.05, 4.69) is 36.3 Å². The van der Waals surface area contributed by atoms with Crippen LogP contribution in [-0.2, 0) is 15.4 Å². The molecular formula is C25H30N4O3S2. The molecule has 2 aromatic carbocycles. The van der Waals surface area contributed by atoms with Crippen LogP contribution in [0.1, 0.15) is 65.5 Å². The maximum atomic E-state index is 13.3. The molecule has 1 saturated heterocycles. The van der Waals surface area contributed by atoms with Crippen molar-refractivity contribution in [2.45, 2.75) is 56.8 Å². The van der Waals surface area contributed by atoms with Gasteiger partial charge in [-0.05, 0) is 54.5 Å². The van der Waals surface area contributed by atoms with Crippen molar-refractivity contribution in [3.8, 4) is 0 Å². The van der Waals surface area contributed by atoms with Crippen molar-refractivity contribution in [2.75, 3.05) is 18.4 Å². The predicted octanol–water partition coefficient (Wildman–Crippen LogP) is 4.96. The normalized spacial score (nSPS) is 17.5. The minimum atomic E-state index is -3.61. The van der Waals surface area contributed by atoms with Crippen LogP contribution in [0, 0.1) is 6.92 Å². The maximum absolute atomic E-state index is 13.3. The van der Waals surface area contributed by atoms with Gasteiger partial charge in [0.05, 0.1) is 4.90 Å². The zero-order valence-electron chi connectivity index (χ0n) is 19.9. The smallest absolute Gasteiger partial charge is 0.286 e. The van der Waals surface area contributed by atoms with Gasteiger partial charge >= 0.3 is 0 Å². The Balaban J connectivity index is 1.47. The lowest BCUT2D eigenvalue weighted by Crippen LogP contribution is -2.39. The highest BCUT2D eigenvalue weighted by atomic mass is 32.2. The number of rotatable bonds is 5. The molecule has 1 atom stereocenters. The third-order valence-electron chi connectivity index (χ3n) is 6.12. The number of aryl methyl sites for hydroxylation is 1. The fourth-order valence-electron chi connectivity index (χ4n) is 4.02. The predicted molar refractivity (Wildman–Crippen MR) is 135 cm³/mol. The van der Waals surface area contributed by atoms with Gasteiger partial charge in [0.2, 0.25) is 15.0 Å². The summed E-state index contributed by atoms with van der Waals surface area (Å²) in [6.07, 6.45) is 1.54. The summed E-state index contributed by atoms with van der Waals surface area (Å²) in [4.78, 5) is 13.0. The number of hydrogen-bond acceptors (Lipinski definition) is 6. The summed E-state index contributed by atoms with van der Waals surface area (Å²) < 4.78 is 28.1. The molecule has 0 saturated carbocycles. The third kappa shape index (κ3) is 5.21. The van der Waals surface area contributed by atoms with E-state index < -0.39 is 10.0 Å². The van der Waals surface area contributed by atoms with E-state index in [0.29, 0.717) is 23.0 Å². The zero-order valence-corrected chi connectivity index (χ0v) is 21.5. The van der Waals surface area contributed by atoms with Gasteiger partial charge in [0.1, 0.15) is 5.01 Å². The third-order valence-corrected chi connectivity index (χ3v) is 9.08. The molecule has 0 spiro atoms. The number of nitrogens with zero attached hydrogens (tertiary/aromatic N) is 3. The number of amides is 1. The Morgan fingerprint density at radius 3 is 2.47 bits per heavy atom. The molecule has 1 N–H and O–H groups in total. The molecule has 0 bridgehead atoms. The van der Waals surface area contributed by atoms with Gasteiger partial charge in [-0.2, -0.15) is 4.31 Å². The Morgan fingerprint density at radius 2 is 1.79 bits per heavy atom. The number of aromatic nitrogens is 2. The first-order chi connectivity index (χ1) is 16.1. The second-order valence-corrected chi connectivity index (χ2v) is 12.6. The molecule has 1 amide bonds. The van der Waals surface area contributed by atoms with E-state index in [0.717, 1.165) is 29.7 Å². The quantitative estimate of drug-likeness (QED) is 0.536. The molecule has 0 unspecified atom stereocenters. The Hall–Kier alpha value is -2.62. The van der Waals surface area contributed by atoms with Crippen molar-refractivity contribution in [1.29, 1.82) is 0 Å². The Labute approximate surface area is 205 Å². The van der Waals surface area contributed by atoms with Crippen LogP contribution in [0.4, 0.5) is 5.69 Å².